The Labute approximate surface area is 116 Å². The van der Waals surface area contributed by atoms with Crippen LogP contribution in [0.25, 0.3) is 0 Å². The SMILES string of the molecule is NC(CNC(=O)Nc1ccc(F)cc1)c1ccccc1. The predicted molar refractivity (Wildman–Crippen MR) is 76.8 cm³/mol. The third kappa shape index (κ3) is 4.07. The molecule has 2 rings (SSSR count). The van der Waals surface area contributed by atoms with Crippen LogP contribution in [0.1, 0.15) is 11.6 Å². The molecule has 0 fully saturated rings. The van der Waals surface area contributed by atoms with Crippen molar-refractivity contribution in [3.05, 3.63) is 66.0 Å². The van der Waals surface area contributed by atoms with Crippen LogP contribution in [-0.2, 0) is 0 Å². The number of amides is 2. The lowest BCUT2D eigenvalue weighted by Crippen LogP contribution is -2.34. The van der Waals surface area contributed by atoms with Gasteiger partial charge in [0, 0.05) is 18.3 Å². The number of carbonyl (C=O) groups excluding carboxylic acids is 1. The second kappa shape index (κ2) is 6.68. The van der Waals surface area contributed by atoms with Crippen LogP contribution in [0.3, 0.4) is 0 Å². The summed E-state index contributed by atoms with van der Waals surface area (Å²) in [6, 6.07) is 14.4. The Bertz CT molecular complexity index is 557. The van der Waals surface area contributed by atoms with Crippen molar-refractivity contribution in [2.24, 2.45) is 5.73 Å². The molecule has 20 heavy (non-hydrogen) atoms. The van der Waals surface area contributed by atoms with Gasteiger partial charge in [-0.3, -0.25) is 0 Å². The number of rotatable bonds is 4. The molecule has 0 aliphatic heterocycles. The molecule has 0 saturated carbocycles. The molecule has 0 radical (unpaired) electrons. The third-order valence-corrected chi connectivity index (χ3v) is 2.81. The van der Waals surface area contributed by atoms with Crippen molar-refractivity contribution >= 4 is 11.7 Å². The minimum atomic E-state index is -0.372. The van der Waals surface area contributed by atoms with Crippen LogP contribution in [0.5, 0.6) is 0 Å². The van der Waals surface area contributed by atoms with Crippen LogP contribution in [0, 0.1) is 5.82 Å². The second-order valence-electron chi connectivity index (χ2n) is 4.36. The van der Waals surface area contributed by atoms with Crippen molar-refractivity contribution in [2.45, 2.75) is 6.04 Å². The highest BCUT2D eigenvalue weighted by Gasteiger charge is 2.07. The standard InChI is InChI=1S/C15H16FN3O/c16-12-6-8-13(9-7-12)19-15(20)18-10-14(17)11-4-2-1-3-5-11/h1-9,14H,10,17H2,(H2,18,19,20). The van der Waals surface area contributed by atoms with E-state index in [4.69, 9.17) is 5.73 Å². The zero-order chi connectivity index (χ0) is 14.4. The molecule has 2 amide bonds. The zero-order valence-electron chi connectivity index (χ0n) is 10.8. The summed E-state index contributed by atoms with van der Waals surface area (Å²) in [5, 5.41) is 5.28. The monoisotopic (exact) mass is 273 g/mol. The summed E-state index contributed by atoms with van der Waals surface area (Å²) in [6.45, 7) is 0.317. The molecule has 0 spiro atoms. The molecule has 0 saturated heterocycles. The molecule has 0 aliphatic carbocycles. The van der Waals surface area contributed by atoms with Crippen LogP contribution in [0.2, 0.25) is 0 Å². The maximum absolute atomic E-state index is 12.7. The molecule has 4 N–H and O–H groups in total. The van der Waals surface area contributed by atoms with Crippen molar-refractivity contribution in [1.82, 2.24) is 5.32 Å². The summed E-state index contributed by atoms with van der Waals surface area (Å²) in [7, 11) is 0. The summed E-state index contributed by atoms with van der Waals surface area (Å²) in [4.78, 5) is 11.7. The van der Waals surface area contributed by atoms with Crippen molar-refractivity contribution < 1.29 is 9.18 Å². The van der Waals surface area contributed by atoms with Crippen LogP contribution in [0.15, 0.2) is 54.6 Å². The molecular formula is C15H16FN3O. The molecule has 1 atom stereocenters. The quantitative estimate of drug-likeness (QED) is 0.801. The van der Waals surface area contributed by atoms with E-state index < -0.39 is 0 Å². The largest absolute Gasteiger partial charge is 0.336 e. The van der Waals surface area contributed by atoms with E-state index in [1.807, 2.05) is 30.3 Å². The van der Waals surface area contributed by atoms with E-state index in [-0.39, 0.29) is 17.9 Å². The van der Waals surface area contributed by atoms with Gasteiger partial charge >= 0.3 is 6.03 Å². The number of benzene rings is 2. The topological polar surface area (TPSA) is 67.1 Å². The minimum absolute atomic E-state index is 0.268. The van der Waals surface area contributed by atoms with E-state index in [9.17, 15) is 9.18 Å². The first-order chi connectivity index (χ1) is 9.65. The predicted octanol–water partition coefficient (Wildman–Crippen LogP) is 2.65. The highest BCUT2D eigenvalue weighted by atomic mass is 19.1. The highest BCUT2D eigenvalue weighted by molar-refractivity contribution is 5.89. The number of hydrogen-bond donors (Lipinski definition) is 3. The first-order valence-electron chi connectivity index (χ1n) is 6.26. The summed E-state index contributed by atoms with van der Waals surface area (Å²) in [5.74, 6) is -0.345. The lowest BCUT2D eigenvalue weighted by Gasteiger charge is -2.13. The molecule has 0 aromatic heterocycles. The Morgan fingerprint density at radius 3 is 2.40 bits per heavy atom. The van der Waals surface area contributed by atoms with E-state index in [0.717, 1.165) is 5.56 Å². The fourth-order valence-electron chi connectivity index (χ4n) is 1.73. The van der Waals surface area contributed by atoms with E-state index >= 15 is 0 Å². The van der Waals surface area contributed by atoms with Crippen LogP contribution in [0.4, 0.5) is 14.9 Å². The normalized spacial score (nSPS) is 11.7. The van der Waals surface area contributed by atoms with Gasteiger partial charge in [-0.15, -0.1) is 0 Å². The van der Waals surface area contributed by atoms with E-state index in [2.05, 4.69) is 10.6 Å². The molecule has 2 aromatic carbocycles. The second-order valence-corrected chi connectivity index (χ2v) is 4.36. The molecule has 1 unspecified atom stereocenters. The van der Waals surface area contributed by atoms with Gasteiger partial charge in [0.25, 0.3) is 0 Å². The van der Waals surface area contributed by atoms with Gasteiger partial charge in [0.15, 0.2) is 0 Å². The van der Waals surface area contributed by atoms with Crippen LogP contribution < -0.4 is 16.4 Å². The maximum Gasteiger partial charge on any atom is 0.319 e. The Morgan fingerprint density at radius 1 is 1.10 bits per heavy atom. The molecule has 0 heterocycles. The molecule has 104 valence electrons. The minimum Gasteiger partial charge on any atom is -0.336 e. The maximum atomic E-state index is 12.7. The fourth-order valence-corrected chi connectivity index (χ4v) is 1.73. The smallest absolute Gasteiger partial charge is 0.319 e. The Kier molecular flexibility index (Phi) is 4.68. The Hall–Kier alpha value is -2.40. The van der Waals surface area contributed by atoms with Gasteiger partial charge in [-0.25, -0.2) is 9.18 Å². The highest BCUT2D eigenvalue weighted by Crippen LogP contribution is 2.09. The molecule has 5 heteroatoms. The summed E-state index contributed by atoms with van der Waals surface area (Å²) in [5.41, 5.74) is 7.44. The molecule has 4 nitrogen and oxygen atoms in total. The van der Waals surface area contributed by atoms with Gasteiger partial charge < -0.3 is 16.4 Å². The number of anilines is 1. The van der Waals surface area contributed by atoms with Gasteiger partial charge in [0.1, 0.15) is 5.82 Å². The Balaban J connectivity index is 1.82. The summed E-state index contributed by atoms with van der Waals surface area (Å²) < 4.78 is 12.7. The van der Waals surface area contributed by atoms with Crippen molar-refractivity contribution in [2.75, 3.05) is 11.9 Å². The molecular weight excluding hydrogens is 257 g/mol. The summed E-state index contributed by atoms with van der Waals surface area (Å²) in [6.07, 6.45) is 0. The Morgan fingerprint density at radius 2 is 1.75 bits per heavy atom. The summed E-state index contributed by atoms with van der Waals surface area (Å²) >= 11 is 0. The zero-order valence-corrected chi connectivity index (χ0v) is 10.8. The van der Waals surface area contributed by atoms with Crippen LogP contribution in [-0.4, -0.2) is 12.6 Å². The lowest BCUT2D eigenvalue weighted by atomic mass is 10.1. The number of hydrogen-bond acceptors (Lipinski definition) is 2. The average molecular weight is 273 g/mol. The lowest BCUT2D eigenvalue weighted by molar-refractivity contribution is 0.251. The van der Waals surface area contributed by atoms with Gasteiger partial charge in [-0.2, -0.15) is 0 Å². The van der Waals surface area contributed by atoms with E-state index in [1.54, 1.807) is 0 Å². The van der Waals surface area contributed by atoms with Gasteiger partial charge in [0.2, 0.25) is 0 Å². The average Bonchev–Trinajstić information content (AvgIpc) is 2.48. The number of halogens is 1. The third-order valence-electron chi connectivity index (χ3n) is 2.81. The number of nitrogens with one attached hydrogen (secondary N) is 2. The van der Waals surface area contributed by atoms with Gasteiger partial charge in [-0.05, 0) is 29.8 Å². The first kappa shape index (κ1) is 14.0. The number of carbonyl (C=O) groups is 1. The molecule has 0 bridgehead atoms. The van der Waals surface area contributed by atoms with Crippen molar-refractivity contribution in [1.29, 1.82) is 0 Å². The van der Waals surface area contributed by atoms with E-state index in [0.29, 0.717) is 12.2 Å². The van der Waals surface area contributed by atoms with E-state index in [1.165, 1.54) is 24.3 Å². The first-order valence-corrected chi connectivity index (χ1v) is 6.26. The van der Waals surface area contributed by atoms with Gasteiger partial charge in [-0.1, -0.05) is 30.3 Å². The van der Waals surface area contributed by atoms with Crippen molar-refractivity contribution in [3.63, 3.8) is 0 Å². The van der Waals surface area contributed by atoms with Crippen LogP contribution >= 0.6 is 0 Å². The molecule has 0 aliphatic rings. The molecule has 2 aromatic rings. The number of urea groups is 1. The fraction of sp³-hybridized carbons (Fsp3) is 0.133. The number of nitrogens with two attached hydrogens (primary N) is 1. The van der Waals surface area contributed by atoms with Crippen molar-refractivity contribution in [3.8, 4) is 0 Å². The van der Waals surface area contributed by atoms with Gasteiger partial charge in [0.05, 0.1) is 0 Å².